The molecule has 0 aliphatic rings. The van der Waals surface area contributed by atoms with Gasteiger partial charge in [-0.25, -0.2) is 0 Å². The Hall–Kier alpha value is -0.810. The van der Waals surface area contributed by atoms with Gasteiger partial charge in [-0.2, -0.15) is 0 Å². The number of carbonyl (C=O) groups is 1. The lowest BCUT2D eigenvalue weighted by Crippen LogP contribution is -1.92. The molecule has 0 radical (unpaired) electrons. The SMILES string of the molecule is CCC(=O)c1ccc(-c2ccc(I)cc2Cl)o1. The summed E-state index contributed by atoms with van der Waals surface area (Å²) in [5.74, 6) is 1.01. The predicted octanol–water partition coefficient (Wildman–Crippen LogP) is 4.80. The Balaban J connectivity index is 2.40. The van der Waals surface area contributed by atoms with Crippen LogP contribution >= 0.6 is 34.2 Å². The quantitative estimate of drug-likeness (QED) is 0.581. The molecule has 1 heterocycles. The number of ketones is 1. The maximum Gasteiger partial charge on any atom is 0.197 e. The third kappa shape index (κ3) is 2.72. The zero-order valence-electron chi connectivity index (χ0n) is 9.17. The second-order valence-corrected chi connectivity index (χ2v) is 5.22. The molecule has 0 saturated carbocycles. The Kier molecular flexibility index (Phi) is 3.89. The summed E-state index contributed by atoms with van der Waals surface area (Å²) in [7, 11) is 0. The number of furan rings is 1. The minimum absolute atomic E-state index is 0.00196. The third-order valence-electron chi connectivity index (χ3n) is 2.40. The first-order valence-electron chi connectivity index (χ1n) is 5.20. The average Bonchev–Trinajstić information content (AvgIpc) is 2.77. The lowest BCUT2D eigenvalue weighted by atomic mass is 10.2. The summed E-state index contributed by atoms with van der Waals surface area (Å²) in [5, 5.41) is 0.627. The highest BCUT2D eigenvalue weighted by atomic mass is 127. The smallest absolute Gasteiger partial charge is 0.197 e. The van der Waals surface area contributed by atoms with Crippen LogP contribution in [0.2, 0.25) is 5.02 Å². The van der Waals surface area contributed by atoms with E-state index in [-0.39, 0.29) is 5.78 Å². The van der Waals surface area contributed by atoms with Gasteiger partial charge in [0, 0.05) is 15.6 Å². The molecule has 1 aromatic carbocycles. The number of Topliss-reactive ketones (excluding diaryl/α,β-unsaturated/α-hetero) is 1. The number of carbonyl (C=O) groups excluding carboxylic acids is 1. The van der Waals surface area contributed by atoms with E-state index in [0.29, 0.717) is 23.0 Å². The Labute approximate surface area is 118 Å². The molecule has 0 bridgehead atoms. The molecule has 2 nitrogen and oxygen atoms in total. The third-order valence-corrected chi connectivity index (χ3v) is 3.38. The molecule has 0 saturated heterocycles. The van der Waals surface area contributed by atoms with E-state index < -0.39 is 0 Å². The Morgan fingerprint density at radius 3 is 2.76 bits per heavy atom. The van der Waals surface area contributed by atoms with Crippen LogP contribution in [-0.4, -0.2) is 5.78 Å². The minimum Gasteiger partial charge on any atom is -0.453 e. The van der Waals surface area contributed by atoms with Gasteiger partial charge in [0.25, 0.3) is 0 Å². The van der Waals surface area contributed by atoms with Crippen molar-refractivity contribution in [1.82, 2.24) is 0 Å². The fraction of sp³-hybridized carbons (Fsp3) is 0.154. The molecule has 0 atom stereocenters. The Morgan fingerprint density at radius 2 is 2.12 bits per heavy atom. The average molecular weight is 361 g/mol. The molecule has 0 amide bonds. The van der Waals surface area contributed by atoms with Crippen LogP contribution in [0.25, 0.3) is 11.3 Å². The van der Waals surface area contributed by atoms with Gasteiger partial charge in [0.05, 0.1) is 5.02 Å². The number of halogens is 2. The van der Waals surface area contributed by atoms with E-state index in [9.17, 15) is 4.79 Å². The van der Waals surface area contributed by atoms with Crippen molar-refractivity contribution in [2.75, 3.05) is 0 Å². The maximum absolute atomic E-state index is 11.5. The van der Waals surface area contributed by atoms with Gasteiger partial charge in [0.2, 0.25) is 0 Å². The molecule has 17 heavy (non-hydrogen) atoms. The summed E-state index contributed by atoms with van der Waals surface area (Å²) in [6.45, 7) is 1.81. The van der Waals surface area contributed by atoms with Crippen LogP contribution in [0.3, 0.4) is 0 Å². The molecule has 2 rings (SSSR count). The zero-order valence-corrected chi connectivity index (χ0v) is 12.1. The van der Waals surface area contributed by atoms with Gasteiger partial charge in [-0.05, 0) is 52.9 Å². The van der Waals surface area contributed by atoms with Crippen LogP contribution < -0.4 is 0 Å². The Bertz CT molecular complexity index is 560. The lowest BCUT2D eigenvalue weighted by molar-refractivity contribution is 0.0962. The van der Waals surface area contributed by atoms with Crippen molar-refractivity contribution < 1.29 is 9.21 Å². The van der Waals surface area contributed by atoms with Crippen LogP contribution in [0, 0.1) is 3.57 Å². The second-order valence-electron chi connectivity index (χ2n) is 3.56. The van der Waals surface area contributed by atoms with Crippen LogP contribution in [0.5, 0.6) is 0 Å². The van der Waals surface area contributed by atoms with Gasteiger partial charge >= 0.3 is 0 Å². The fourth-order valence-electron chi connectivity index (χ4n) is 1.50. The topological polar surface area (TPSA) is 30.2 Å². The van der Waals surface area contributed by atoms with Crippen molar-refractivity contribution in [3.63, 3.8) is 0 Å². The molecule has 0 aliphatic heterocycles. The van der Waals surface area contributed by atoms with Gasteiger partial charge in [0.15, 0.2) is 11.5 Å². The number of benzene rings is 1. The largest absolute Gasteiger partial charge is 0.453 e. The fourth-order valence-corrected chi connectivity index (χ4v) is 2.44. The molecule has 88 valence electrons. The highest BCUT2D eigenvalue weighted by molar-refractivity contribution is 14.1. The monoisotopic (exact) mass is 360 g/mol. The van der Waals surface area contributed by atoms with Gasteiger partial charge in [-0.1, -0.05) is 18.5 Å². The number of rotatable bonds is 3. The summed E-state index contributed by atoms with van der Waals surface area (Å²) in [6, 6.07) is 9.17. The van der Waals surface area contributed by atoms with Crippen molar-refractivity contribution in [2.45, 2.75) is 13.3 Å². The molecule has 0 aliphatic carbocycles. The Morgan fingerprint density at radius 1 is 1.35 bits per heavy atom. The lowest BCUT2D eigenvalue weighted by Gasteiger charge is -2.01. The van der Waals surface area contributed by atoms with E-state index in [1.54, 1.807) is 12.1 Å². The van der Waals surface area contributed by atoms with Crippen molar-refractivity contribution in [3.05, 3.63) is 44.7 Å². The first kappa shape index (κ1) is 12.6. The van der Waals surface area contributed by atoms with Crippen LogP contribution in [0.15, 0.2) is 34.7 Å². The zero-order chi connectivity index (χ0) is 12.4. The molecule has 2 aromatic rings. The van der Waals surface area contributed by atoms with Gasteiger partial charge < -0.3 is 4.42 Å². The predicted molar refractivity (Wildman–Crippen MR) is 76.5 cm³/mol. The number of hydrogen-bond acceptors (Lipinski definition) is 2. The van der Waals surface area contributed by atoms with Gasteiger partial charge in [-0.15, -0.1) is 0 Å². The van der Waals surface area contributed by atoms with E-state index in [4.69, 9.17) is 16.0 Å². The van der Waals surface area contributed by atoms with Crippen LogP contribution in [-0.2, 0) is 0 Å². The maximum atomic E-state index is 11.5. The summed E-state index contributed by atoms with van der Waals surface area (Å²) in [4.78, 5) is 11.5. The summed E-state index contributed by atoms with van der Waals surface area (Å²) < 4.78 is 6.57. The molecule has 0 unspecified atom stereocenters. The van der Waals surface area contributed by atoms with E-state index in [1.165, 1.54) is 0 Å². The highest BCUT2D eigenvalue weighted by Crippen LogP contribution is 2.30. The van der Waals surface area contributed by atoms with E-state index >= 15 is 0 Å². The minimum atomic E-state index is -0.00196. The van der Waals surface area contributed by atoms with Gasteiger partial charge in [-0.3, -0.25) is 4.79 Å². The first-order valence-corrected chi connectivity index (χ1v) is 6.66. The van der Waals surface area contributed by atoms with Gasteiger partial charge in [0.1, 0.15) is 5.76 Å². The normalized spacial score (nSPS) is 10.5. The first-order chi connectivity index (χ1) is 8.11. The van der Waals surface area contributed by atoms with Crippen molar-refractivity contribution in [3.8, 4) is 11.3 Å². The molecule has 0 N–H and O–H groups in total. The van der Waals surface area contributed by atoms with Crippen LogP contribution in [0.1, 0.15) is 23.9 Å². The highest BCUT2D eigenvalue weighted by Gasteiger charge is 2.12. The van der Waals surface area contributed by atoms with Crippen molar-refractivity contribution in [1.29, 1.82) is 0 Å². The van der Waals surface area contributed by atoms with Crippen molar-refractivity contribution in [2.24, 2.45) is 0 Å². The van der Waals surface area contributed by atoms with E-state index in [0.717, 1.165) is 9.13 Å². The summed E-state index contributed by atoms with van der Waals surface area (Å²) in [6.07, 6.45) is 0.438. The summed E-state index contributed by atoms with van der Waals surface area (Å²) in [5.41, 5.74) is 0.808. The standard InChI is InChI=1S/C13H10ClIO2/c1-2-11(16)13-6-5-12(17-13)9-4-3-8(15)7-10(9)14/h3-7H,2H2,1H3. The molecule has 1 aromatic heterocycles. The van der Waals surface area contributed by atoms with Crippen LogP contribution in [0.4, 0.5) is 0 Å². The summed E-state index contributed by atoms with van der Waals surface area (Å²) >= 11 is 8.33. The van der Waals surface area contributed by atoms with Crippen molar-refractivity contribution >= 4 is 40.0 Å². The van der Waals surface area contributed by atoms with E-state index in [2.05, 4.69) is 22.6 Å². The molecule has 4 heteroatoms. The second kappa shape index (κ2) is 5.23. The molecule has 0 fully saturated rings. The molecule has 0 spiro atoms. The number of hydrogen-bond donors (Lipinski definition) is 0. The van der Waals surface area contributed by atoms with E-state index in [1.807, 2.05) is 25.1 Å². The molecular formula is C13H10ClIO2. The molecular weight excluding hydrogens is 350 g/mol.